The van der Waals surface area contributed by atoms with E-state index < -0.39 is 0 Å². The molecule has 5 nitrogen and oxygen atoms in total. The van der Waals surface area contributed by atoms with Crippen molar-refractivity contribution in [3.8, 4) is 5.69 Å². The minimum atomic E-state index is -0.353. The quantitative estimate of drug-likeness (QED) is 0.238. The van der Waals surface area contributed by atoms with Crippen LogP contribution in [0.25, 0.3) is 5.69 Å². The van der Waals surface area contributed by atoms with E-state index in [4.69, 9.17) is 11.6 Å². The van der Waals surface area contributed by atoms with Crippen LogP contribution < -0.4 is 5.32 Å². The molecule has 0 aliphatic rings. The Balaban J connectivity index is 1.66. The van der Waals surface area contributed by atoms with Crippen LogP contribution in [-0.4, -0.2) is 20.7 Å². The lowest BCUT2D eigenvalue weighted by atomic mass is 9.95. The van der Waals surface area contributed by atoms with E-state index in [0.29, 0.717) is 17.3 Å². The monoisotopic (exact) mass is 518 g/mol. The molecule has 0 aliphatic carbocycles. The van der Waals surface area contributed by atoms with Crippen LogP contribution >= 0.6 is 23.4 Å². The summed E-state index contributed by atoms with van der Waals surface area (Å²) in [5, 5.41) is 13.7. The highest BCUT2D eigenvalue weighted by molar-refractivity contribution is 7.98. The van der Waals surface area contributed by atoms with Gasteiger partial charge >= 0.3 is 0 Å². The molecule has 0 saturated heterocycles. The van der Waals surface area contributed by atoms with Crippen LogP contribution in [0.1, 0.15) is 60.3 Å². The molecule has 0 saturated carbocycles. The summed E-state index contributed by atoms with van der Waals surface area (Å²) in [5.41, 5.74) is 5.45. The van der Waals surface area contributed by atoms with Gasteiger partial charge in [-0.1, -0.05) is 91.0 Å². The van der Waals surface area contributed by atoms with Crippen LogP contribution in [0.5, 0.6) is 0 Å². The molecule has 0 spiro atoms. The van der Waals surface area contributed by atoms with Crippen LogP contribution in [0.2, 0.25) is 5.02 Å². The van der Waals surface area contributed by atoms with Gasteiger partial charge in [0.1, 0.15) is 0 Å². The molecule has 1 heterocycles. The fourth-order valence-corrected chi connectivity index (χ4v) is 5.45. The van der Waals surface area contributed by atoms with Gasteiger partial charge in [0.15, 0.2) is 11.0 Å². The molecule has 186 valence electrons. The SMILES string of the molecule is CCC(C(=O)NC(C)c1nnc(SCc2ccccc2C)n1-c1cc(Cl)ccc1C)c1ccccc1. The molecule has 1 aromatic heterocycles. The first-order chi connectivity index (χ1) is 17.4. The number of hydrogen-bond acceptors (Lipinski definition) is 4. The molecule has 0 fully saturated rings. The van der Waals surface area contributed by atoms with Gasteiger partial charge < -0.3 is 5.32 Å². The Bertz CT molecular complexity index is 1340. The molecule has 4 aromatic rings. The maximum atomic E-state index is 13.3. The predicted octanol–water partition coefficient (Wildman–Crippen LogP) is 7.20. The molecule has 1 amide bonds. The van der Waals surface area contributed by atoms with E-state index in [1.165, 1.54) is 11.1 Å². The normalized spacial score (nSPS) is 12.8. The molecular formula is C29H31ClN4OS. The van der Waals surface area contributed by atoms with Crippen molar-refractivity contribution in [3.05, 3.63) is 106 Å². The van der Waals surface area contributed by atoms with Gasteiger partial charge in [-0.3, -0.25) is 9.36 Å². The summed E-state index contributed by atoms with van der Waals surface area (Å²) in [4.78, 5) is 13.3. The Morgan fingerprint density at radius 1 is 1.00 bits per heavy atom. The van der Waals surface area contributed by atoms with E-state index in [1.807, 2.05) is 79.9 Å². The number of rotatable bonds is 9. The van der Waals surface area contributed by atoms with Crippen molar-refractivity contribution in [2.24, 2.45) is 0 Å². The Morgan fingerprint density at radius 3 is 2.44 bits per heavy atom. The minimum Gasteiger partial charge on any atom is -0.346 e. The van der Waals surface area contributed by atoms with Crippen LogP contribution in [-0.2, 0) is 10.5 Å². The Morgan fingerprint density at radius 2 is 1.72 bits per heavy atom. The molecule has 0 aliphatic heterocycles. The van der Waals surface area contributed by atoms with Gasteiger partial charge in [-0.25, -0.2) is 0 Å². The van der Waals surface area contributed by atoms with Crippen molar-refractivity contribution < 1.29 is 4.79 Å². The van der Waals surface area contributed by atoms with Gasteiger partial charge in [0, 0.05) is 10.8 Å². The maximum absolute atomic E-state index is 13.3. The van der Waals surface area contributed by atoms with E-state index in [1.54, 1.807) is 11.8 Å². The number of carbonyl (C=O) groups is 1. The second-order valence-electron chi connectivity index (χ2n) is 8.92. The second-order valence-corrected chi connectivity index (χ2v) is 10.3. The van der Waals surface area contributed by atoms with Crippen LogP contribution in [0.4, 0.5) is 0 Å². The van der Waals surface area contributed by atoms with Crippen LogP contribution in [0, 0.1) is 13.8 Å². The van der Waals surface area contributed by atoms with E-state index in [0.717, 1.165) is 27.7 Å². The van der Waals surface area contributed by atoms with Crippen molar-refractivity contribution in [2.75, 3.05) is 0 Å². The van der Waals surface area contributed by atoms with Crippen molar-refractivity contribution in [1.29, 1.82) is 0 Å². The highest BCUT2D eigenvalue weighted by atomic mass is 35.5. The molecule has 3 aromatic carbocycles. The number of nitrogens with zero attached hydrogens (tertiary/aromatic N) is 3. The number of aryl methyl sites for hydroxylation is 2. The molecule has 36 heavy (non-hydrogen) atoms. The van der Waals surface area contributed by atoms with E-state index in [-0.39, 0.29) is 17.9 Å². The van der Waals surface area contributed by atoms with Gasteiger partial charge in [0.05, 0.1) is 17.6 Å². The third-order valence-corrected chi connectivity index (χ3v) is 7.57. The molecular weight excluding hydrogens is 488 g/mol. The summed E-state index contributed by atoms with van der Waals surface area (Å²) < 4.78 is 2.03. The maximum Gasteiger partial charge on any atom is 0.228 e. The molecule has 1 N–H and O–H groups in total. The van der Waals surface area contributed by atoms with Gasteiger partial charge in [0.2, 0.25) is 5.91 Å². The lowest BCUT2D eigenvalue weighted by molar-refractivity contribution is -0.123. The number of hydrogen-bond donors (Lipinski definition) is 1. The predicted molar refractivity (Wildman–Crippen MR) is 148 cm³/mol. The Kier molecular flexibility index (Phi) is 8.49. The number of benzene rings is 3. The lowest BCUT2D eigenvalue weighted by Gasteiger charge is -2.21. The first-order valence-electron chi connectivity index (χ1n) is 12.1. The number of thioether (sulfide) groups is 1. The third-order valence-electron chi connectivity index (χ3n) is 6.36. The van der Waals surface area contributed by atoms with Crippen molar-refractivity contribution in [3.63, 3.8) is 0 Å². The van der Waals surface area contributed by atoms with Gasteiger partial charge in [0.25, 0.3) is 0 Å². The van der Waals surface area contributed by atoms with Gasteiger partial charge in [-0.15, -0.1) is 10.2 Å². The zero-order valence-corrected chi connectivity index (χ0v) is 22.6. The Labute approximate surface area is 222 Å². The van der Waals surface area contributed by atoms with Crippen LogP contribution in [0.15, 0.2) is 78.0 Å². The Hall–Kier alpha value is -3.09. The number of carbonyl (C=O) groups excluding carboxylic acids is 1. The highest BCUT2D eigenvalue weighted by Gasteiger charge is 2.25. The average Bonchev–Trinajstić information content (AvgIpc) is 3.30. The zero-order valence-electron chi connectivity index (χ0n) is 21.0. The summed E-state index contributed by atoms with van der Waals surface area (Å²) in [6, 6.07) is 23.7. The first kappa shape index (κ1) is 26.0. The molecule has 2 atom stereocenters. The highest BCUT2D eigenvalue weighted by Crippen LogP contribution is 2.31. The standard InChI is InChI=1S/C29H31ClN4OS/c1-5-25(22-12-7-6-8-13-22)28(35)31-21(4)27-32-33-29(36-18-23-14-10-9-11-19(23)2)34(27)26-17-24(30)16-15-20(26)3/h6-17,21,25H,5,18H2,1-4H3,(H,31,35). The van der Waals surface area contributed by atoms with Gasteiger partial charge in [-0.05, 0) is 61.6 Å². The molecule has 2 unspecified atom stereocenters. The molecule has 4 rings (SSSR count). The average molecular weight is 519 g/mol. The molecule has 0 bridgehead atoms. The fourth-order valence-electron chi connectivity index (χ4n) is 4.26. The number of nitrogens with one attached hydrogen (secondary N) is 1. The summed E-state index contributed by atoms with van der Waals surface area (Å²) in [7, 11) is 0. The van der Waals surface area contributed by atoms with E-state index >= 15 is 0 Å². The number of amides is 1. The van der Waals surface area contributed by atoms with Crippen molar-refractivity contribution >= 4 is 29.3 Å². The third kappa shape index (κ3) is 5.82. The van der Waals surface area contributed by atoms with E-state index in [2.05, 4.69) is 40.6 Å². The van der Waals surface area contributed by atoms with E-state index in [9.17, 15) is 4.79 Å². The van der Waals surface area contributed by atoms with Crippen LogP contribution in [0.3, 0.4) is 0 Å². The largest absolute Gasteiger partial charge is 0.346 e. The minimum absolute atomic E-state index is 0.0253. The molecule has 0 radical (unpaired) electrons. The summed E-state index contributed by atoms with van der Waals surface area (Å²) in [6.45, 7) is 8.13. The molecule has 7 heteroatoms. The summed E-state index contributed by atoms with van der Waals surface area (Å²) in [6.07, 6.45) is 0.709. The summed E-state index contributed by atoms with van der Waals surface area (Å²) >= 11 is 8.02. The number of aromatic nitrogens is 3. The summed E-state index contributed by atoms with van der Waals surface area (Å²) in [5.74, 6) is 1.18. The van der Waals surface area contributed by atoms with Crippen molar-refractivity contribution in [2.45, 2.75) is 57.0 Å². The smallest absolute Gasteiger partial charge is 0.228 e. The fraction of sp³-hybridized carbons (Fsp3) is 0.276. The number of halogens is 1. The lowest BCUT2D eigenvalue weighted by Crippen LogP contribution is -2.33. The van der Waals surface area contributed by atoms with Crippen molar-refractivity contribution in [1.82, 2.24) is 20.1 Å². The van der Waals surface area contributed by atoms with Gasteiger partial charge in [-0.2, -0.15) is 0 Å². The zero-order chi connectivity index (χ0) is 25.7. The second kappa shape index (κ2) is 11.8. The topological polar surface area (TPSA) is 59.8 Å². The first-order valence-corrected chi connectivity index (χ1v) is 13.5.